The Morgan fingerprint density at radius 1 is 0.345 bits per heavy atom. The van der Waals surface area contributed by atoms with Gasteiger partial charge in [-0.05, 0) is 75.5 Å². The molecule has 55 heavy (non-hydrogen) atoms. The first-order valence-corrected chi connectivity index (χ1v) is 19.5. The van der Waals surface area contributed by atoms with E-state index < -0.39 is 0 Å². The lowest BCUT2D eigenvalue weighted by atomic mass is 9.98. The minimum atomic E-state index is 0.855. The maximum atomic E-state index is 7.01. The highest BCUT2D eigenvalue weighted by Gasteiger charge is 2.23. The van der Waals surface area contributed by atoms with Gasteiger partial charge in [0.15, 0.2) is 5.58 Å². The van der Waals surface area contributed by atoms with E-state index in [9.17, 15) is 0 Å². The molecule has 0 spiro atoms. The summed E-state index contributed by atoms with van der Waals surface area (Å²) >= 11 is 1.86. The van der Waals surface area contributed by atoms with Crippen molar-refractivity contribution >= 4 is 81.3 Å². The maximum absolute atomic E-state index is 7.01. The summed E-state index contributed by atoms with van der Waals surface area (Å²) in [7, 11) is 0. The predicted octanol–water partition coefficient (Wildman–Crippen LogP) is 15.6. The molecule has 2 aromatic heterocycles. The van der Waals surface area contributed by atoms with Crippen molar-refractivity contribution in [2.45, 2.75) is 0 Å². The van der Waals surface area contributed by atoms with Crippen LogP contribution in [-0.2, 0) is 0 Å². The highest BCUT2D eigenvalue weighted by Crippen LogP contribution is 2.47. The van der Waals surface area contributed by atoms with Gasteiger partial charge in [-0.1, -0.05) is 158 Å². The molecular formula is C52H33NOS. The molecule has 258 valence electrons. The van der Waals surface area contributed by atoms with Crippen molar-refractivity contribution in [2.75, 3.05) is 4.90 Å². The summed E-state index contributed by atoms with van der Waals surface area (Å²) < 4.78 is 9.64. The van der Waals surface area contributed by atoms with Crippen molar-refractivity contribution in [3.8, 4) is 33.4 Å². The molecule has 0 radical (unpaired) electrons. The fraction of sp³-hybridized carbons (Fsp3) is 0. The van der Waals surface area contributed by atoms with Gasteiger partial charge in [0.2, 0.25) is 0 Å². The van der Waals surface area contributed by atoms with Crippen LogP contribution in [0.15, 0.2) is 205 Å². The van der Waals surface area contributed by atoms with Crippen LogP contribution in [0.3, 0.4) is 0 Å². The van der Waals surface area contributed by atoms with Crippen LogP contribution in [-0.4, -0.2) is 0 Å². The maximum Gasteiger partial charge on any atom is 0.159 e. The van der Waals surface area contributed by atoms with Gasteiger partial charge in [0.1, 0.15) is 5.58 Å². The smallest absolute Gasteiger partial charge is 0.159 e. The Kier molecular flexibility index (Phi) is 7.39. The van der Waals surface area contributed by atoms with Crippen molar-refractivity contribution in [3.05, 3.63) is 200 Å². The number of rotatable bonds is 6. The Bertz CT molecular complexity index is 3210. The summed E-state index contributed by atoms with van der Waals surface area (Å²) in [6.45, 7) is 0. The zero-order chi connectivity index (χ0) is 36.3. The number of fused-ring (bicyclic) bond motifs is 7. The summed E-state index contributed by atoms with van der Waals surface area (Å²) in [5.41, 5.74) is 11.8. The lowest BCUT2D eigenvalue weighted by Crippen LogP contribution is -2.11. The van der Waals surface area contributed by atoms with Gasteiger partial charge in [0.05, 0.1) is 11.4 Å². The first kappa shape index (κ1) is 31.6. The molecule has 11 aromatic rings. The van der Waals surface area contributed by atoms with Crippen LogP contribution in [0.25, 0.3) is 86.3 Å². The van der Waals surface area contributed by atoms with Crippen LogP contribution in [0.5, 0.6) is 0 Å². The van der Waals surface area contributed by atoms with Gasteiger partial charge < -0.3 is 9.32 Å². The molecule has 0 N–H and O–H groups in total. The Morgan fingerprint density at radius 2 is 0.982 bits per heavy atom. The Labute approximate surface area is 322 Å². The lowest BCUT2D eigenvalue weighted by Gasteiger charge is -2.28. The molecule has 0 aliphatic rings. The van der Waals surface area contributed by atoms with Crippen molar-refractivity contribution in [2.24, 2.45) is 0 Å². The molecule has 0 saturated carbocycles. The van der Waals surface area contributed by atoms with E-state index in [4.69, 9.17) is 4.42 Å². The van der Waals surface area contributed by atoms with Gasteiger partial charge >= 0.3 is 0 Å². The normalized spacial score (nSPS) is 11.6. The molecule has 9 aromatic carbocycles. The molecule has 2 nitrogen and oxygen atoms in total. The van der Waals surface area contributed by atoms with Crippen molar-refractivity contribution in [1.29, 1.82) is 0 Å². The molecule has 3 heteroatoms. The van der Waals surface area contributed by atoms with Gasteiger partial charge in [-0.15, -0.1) is 11.3 Å². The zero-order valence-electron chi connectivity index (χ0n) is 29.8. The van der Waals surface area contributed by atoms with Crippen molar-refractivity contribution < 1.29 is 4.42 Å². The van der Waals surface area contributed by atoms with Crippen LogP contribution in [0.2, 0.25) is 0 Å². The van der Waals surface area contributed by atoms with E-state index in [1.165, 1.54) is 42.1 Å². The summed E-state index contributed by atoms with van der Waals surface area (Å²) in [6, 6.07) is 72.1. The molecule has 0 bridgehead atoms. The number of para-hydroxylation sites is 3. The summed E-state index contributed by atoms with van der Waals surface area (Å²) in [6.07, 6.45) is 0. The van der Waals surface area contributed by atoms with E-state index in [-0.39, 0.29) is 0 Å². The molecule has 0 unspecified atom stereocenters. The van der Waals surface area contributed by atoms with Crippen LogP contribution < -0.4 is 4.90 Å². The van der Waals surface area contributed by atoms with Crippen LogP contribution >= 0.6 is 11.3 Å². The average Bonchev–Trinajstić information content (AvgIpc) is 3.83. The monoisotopic (exact) mass is 719 g/mol. The molecular weight excluding hydrogens is 687 g/mol. The molecule has 0 aliphatic carbocycles. The van der Waals surface area contributed by atoms with Gasteiger partial charge in [0.25, 0.3) is 0 Å². The lowest BCUT2D eigenvalue weighted by molar-refractivity contribution is 0.670. The van der Waals surface area contributed by atoms with Gasteiger partial charge in [-0.25, -0.2) is 0 Å². The van der Waals surface area contributed by atoms with Crippen molar-refractivity contribution in [3.63, 3.8) is 0 Å². The highest BCUT2D eigenvalue weighted by molar-refractivity contribution is 7.25. The van der Waals surface area contributed by atoms with Gasteiger partial charge in [-0.3, -0.25) is 0 Å². The fourth-order valence-corrected chi connectivity index (χ4v) is 9.36. The SMILES string of the molecule is c1ccc(-c2cccc3c2oc2c(N(c4ccc(-c5ccc6c(c5)sc5ccccc56)cc4)c4ccccc4-c4ccc5ccccc5c4)cccc23)cc1. The van der Waals surface area contributed by atoms with Gasteiger partial charge in [0, 0.05) is 47.8 Å². The predicted molar refractivity (Wildman–Crippen MR) is 235 cm³/mol. The molecule has 0 saturated heterocycles. The summed E-state index contributed by atoms with van der Waals surface area (Å²) in [4.78, 5) is 2.37. The quantitative estimate of drug-likeness (QED) is 0.170. The van der Waals surface area contributed by atoms with E-state index >= 15 is 0 Å². The third-order valence-corrected chi connectivity index (χ3v) is 12.0. The third kappa shape index (κ3) is 5.32. The number of benzene rings is 9. The second kappa shape index (κ2) is 12.9. The van der Waals surface area contributed by atoms with E-state index in [0.29, 0.717) is 0 Å². The second-order valence-electron chi connectivity index (χ2n) is 14.1. The van der Waals surface area contributed by atoms with Crippen LogP contribution in [0, 0.1) is 0 Å². The third-order valence-electron chi connectivity index (χ3n) is 10.9. The zero-order valence-corrected chi connectivity index (χ0v) is 30.6. The first-order valence-electron chi connectivity index (χ1n) is 18.7. The Balaban J connectivity index is 1.10. The minimum Gasteiger partial charge on any atom is -0.453 e. The number of hydrogen-bond donors (Lipinski definition) is 0. The number of hydrogen-bond acceptors (Lipinski definition) is 3. The Hall–Kier alpha value is -6.94. The van der Waals surface area contributed by atoms with Crippen molar-refractivity contribution in [1.82, 2.24) is 0 Å². The number of thiophene rings is 1. The molecule has 0 amide bonds. The number of furan rings is 1. The summed E-state index contributed by atoms with van der Waals surface area (Å²) in [5, 5.41) is 7.27. The topological polar surface area (TPSA) is 16.4 Å². The molecule has 2 heterocycles. The summed E-state index contributed by atoms with van der Waals surface area (Å²) in [5.74, 6) is 0. The molecule has 0 atom stereocenters. The van der Waals surface area contributed by atoms with Crippen LogP contribution in [0.1, 0.15) is 0 Å². The van der Waals surface area contributed by atoms with Crippen LogP contribution in [0.4, 0.5) is 17.1 Å². The Morgan fingerprint density at radius 3 is 1.87 bits per heavy atom. The van der Waals surface area contributed by atoms with E-state index in [1.54, 1.807) is 0 Å². The fourth-order valence-electron chi connectivity index (χ4n) is 8.21. The molecule has 0 aliphatic heterocycles. The van der Waals surface area contributed by atoms with E-state index in [0.717, 1.165) is 61.3 Å². The largest absolute Gasteiger partial charge is 0.453 e. The molecule has 0 fully saturated rings. The first-order chi connectivity index (χ1) is 27.3. The standard InChI is InChI=1S/C52H33NOS/c1-2-13-36(14-3-1)42-18-10-19-45-46-20-11-22-48(52(46)54-51(42)45)53(47-21-8-6-16-41(47)39-25-24-34-12-4-5-15-37(34)32-39)40-29-26-35(27-30-40)38-28-31-44-43-17-7-9-23-49(43)55-50(44)33-38/h1-33H. The second-order valence-corrected chi connectivity index (χ2v) is 15.2. The van der Waals surface area contributed by atoms with Gasteiger partial charge in [-0.2, -0.15) is 0 Å². The van der Waals surface area contributed by atoms with E-state index in [2.05, 4.69) is 205 Å². The average molecular weight is 720 g/mol. The van der Waals surface area contributed by atoms with E-state index in [1.807, 2.05) is 11.3 Å². The highest BCUT2D eigenvalue weighted by atomic mass is 32.1. The number of anilines is 3. The molecule has 11 rings (SSSR count). The number of nitrogens with zero attached hydrogens (tertiary/aromatic N) is 1. The minimum absolute atomic E-state index is 0.855.